The number of carbonyl (C=O) groups excluding carboxylic acids is 1. The Morgan fingerprint density at radius 3 is 2.44 bits per heavy atom. The van der Waals surface area contributed by atoms with Gasteiger partial charge in [-0.1, -0.05) is 23.7 Å². The van der Waals surface area contributed by atoms with Crippen molar-refractivity contribution in [3.8, 4) is 11.5 Å². The van der Waals surface area contributed by atoms with E-state index in [9.17, 15) is 4.79 Å². The molecular formula is C20H20ClN3O3. The molecule has 1 N–H and O–H groups in total. The van der Waals surface area contributed by atoms with E-state index in [0.717, 1.165) is 17.1 Å². The molecule has 1 heterocycles. The summed E-state index contributed by atoms with van der Waals surface area (Å²) in [6, 6.07) is 14.7. The summed E-state index contributed by atoms with van der Waals surface area (Å²) < 4.78 is 12.5. The number of rotatable bonds is 8. The molecule has 3 aromatic rings. The van der Waals surface area contributed by atoms with Gasteiger partial charge in [-0.25, -0.2) is 0 Å². The molecule has 0 aliphatic rings. The number of aromatic nitrogens is 2. The maximum absolute atomic E-state index is 12.2. The van der Waals surface area contributed by atoms with Crippen molar-refractivity contribution in [3.05, 3.63) is 77.1 Å². The fourth-order valence-electron chi connectivity index (χ4n) is 2.44. The molecule has 3 rings (SSSR count). The van der Waals surface area contributed by atoms with Crippen LogP contribution in [0.3, 0.4) is 0 Å². The molecule has 0 aliphatic carbocycles. The lowest BCUT2D eigenvalue weighted by atomic mass is 10.1. The summed E-state index contributed by atoms with van der Waals surface area (Å²) in [6.45, 7) is 1.46. The molecule has 0 spiro atoms. The Bertz CT molecular complexity index is 876. The first kappa shape index (κ1) is 18.8. The molecule has 1 amide bonds. The molecule has 6 nitrogen and oxygen atoms in total. The average molecular weight is 386 g/mol. The number of halogens is 1. The van der Waals surface area contributed by atoms with E-state index < -0.39 is 0 Å². The smallest absolute Gasteiger partial charge is 0.251 e. The Labute approximate surface area is 162 Å². The lowest BCUT2D eigenvalue weighted by molar-refractivity contribution is 0.0952. The van der Waals surface area contributed by atoms with E-state index in [0.29, 0.717) is 30.3 Å². The lowest BCUT2D eigenvalue weighted by Gasteiger charge is -2.09. The van der Waals surface area contributed by atoms with Crippen molar-refractivity contribution in [2.75, 3.05) is 13.7 Å². The number of benzene rings is 2. The summed E-state index contributed by atoms with van der Waals surface area (Å²) in [4.78, 5) is 12.2. The number of amides is 1. The average Bonchev–Trinajstić information content (AvgIpc) is 3.12. The van der Waals surface area contributed by atoms with Gasteiger partial charge in [0, 0.05) is 18.3 Å². The van der Waals surface area contributed by atoms with Crippen LogP contribution in [0, 0.1) is 0 Å². The van der Waals surface area contributed by atoms with Gasteiger partial charge in [0.2, 0.25) is 0 Å². The molecule has 0 aliphatic heterocycles. The van der Waals surface area contributed by atoms with Crippen LogP contribution in [-0.4, -0.2) is 29.3 Å². The number of hydrogen-bond donors (Lipinski definition) is 1. The fourth-order valence-corrected chi connectivity index (χ4v) is 2.59. The van der Waals surface area contributed by atoms with E-state index in [1.807, 2.05) is 36.4 Å². The molecule has 0 bridgehead atoms. The molecule has 0 atom stereocenters. The second-order valence-corrected chi connectivity index (χ2v) is 6.28. The Kier molecular flexibility index (Phi) is 6.33. The van der Waals surface area contributed by atoms with E-state index in [4.69, 9.17) is 21.1 Å². The van der Waals surface area contributed by atoms with Crippen LogP contribution in [0.5, 0.6) is 11.5 Å². The highest BCUT2D eigenvalue weighted by molar-refractivity contribution is 6.30. The summed E-state index contributed by atoms with van der Waals surface area (Å²) in [5.41, 5.74) is 1.58. The number of ether oxygens (including phenoxy) is 2. The molecule has 0 saturated heterocycles. The fraction of sp³-hybridized carbons (Fsp3) is 0.200. The van der Waals surface area contributed by atoms with Crippen LogP contribution < -0.4 is 14.8 Å². The van der Waals surface area contributed by atoms with Crippen LogP contribution in [0.4, 0.5) is 0 Å². The number of hydrogen-bond acceptors (Lipinski definition) is 4. The summed E-state index contributed by atoms with van der Waals surface area (Å²) in [6.07, 6.45) is 3.28. The van der Waals surface area contributed by atoms with Crippen molar-refractivity contribution < 1.29 is 14.3 Å². The molecule has 0 unspecified atom stereocenters. The van der Waals surface area contributed by atoms with Gasteiger partial charge in [-0.3, -0.25) is 9.48 Å². The number of nitrogens with one attached hydrogen (secondary N) is 1. The molecule has 140 valence electrons. The van der Waals surface area contributed by atoms with Gasteiger partial charge in [0.1, 0.15) is 18.1 Å². The van der Waals surface area contributed by atoms with Gasteiger partial charge in [0.05, 0.1) is 24.9 Å². The number of carbonyl (C=O) groups is 1. The van der Waals surface area contributed by atoms with Crippen LogP contribution in [0.1, 0.15) is 15.9 Å². The van der Waals surface area contributed by atoms with E-state index in [1.54, 1.807) is 36.3 Å². The predicted octanol–water partition coefficient (Wildman–Crippen LogP) is 3.55. The van der Waals surface area contributed by atoms with E-state index >= 15 is 0 Å². The molecule has 0 saturated carbocycles. The summed E-state index contributed by atoms with van der Waals surface area (Å²) in [7, 11) is 1.63. The Morgan fingerprint density at radius 1 is 1.11 bits per heavy atom. The maximum Gasteiger partial charge on any atom is 0.251 e. The first-order valence-corrected chi connectivity index (χ1v) is 8.84. The maximum atomic E-state index is 12.2. The van der Waals surface area contributed by atoms with Crippen molar-refractivity contribution in [1.29, 1.82) is 0 Å². The highest BCUT2D eigenvalue weighted by atomic mass is 35.5. The summed E-state index contributed by atoms with van der Waals surface area (Å²) >= 11 is 5.80. The number of nitrogens with zero attached hydrogens (tertiary/aromatic N) is 2. The van der Waals surface area contributed by atoms with Gasteiger partial charge in [-0.15, -0.1) is 0 Å². The van der Waals surface area contributed by atoms with Gasteiger partial charge in [0.15, 0.2) is 0 Å². The molecule has 1 aromatic heterocycles. The topological polar surface area (TPSA) is 65.4 Å². The summed E-state index contributed by atoms with van der Waals surface area (Å²) in [5.74, 6) is 1.42. The highest BCUT2D eigenvalue weighted by Gasteiger charge is 2.06. The van der Waals surface area contributed by atoms with Crippen molar-refractivity contribution in [2.45, 2.75) is 13.2 Å². The third-order valence-corrected chi connectivity index (χ3v) is 4.10. The largest absolute Gasteiger partial charge is 0.497 e. The van der Waals surface area contributed by atoms with Gasteiger partial charge in [-0.05, 0) is 42.0 Å². The number of methoxy groups -OCH3 is 1. The van der Waals surface area contributed by atoms with Crippen molar-refractivity contribution in [1.82, 2.24) is 15.1 Å². The van der Waals surface area contributed by atoms with Crippen molar-refractivity contribution in [2.24, 2.45) is 0 Å². The van der Waals surface area contributed by atoms with Crippen molar-refractivity contribution in [3.63, 3.8) is 0 Å². The van der Waals surface area contributed by atoms with Crippen LogP contribution in [0.2, 0.25) is 5.02 Å². The Hall–Kier alpha value is -2.99. The normalized spacial score (nSPS) is 10.4. The minimum Gasteiger partial charge on any atom is -0.497 e. The van der Waals surface area contributed by atoms with Gasteiger partial charge in [0.25, 0.3) is 5.91 Å². The second-order valence-electron chi connectivity index (χ2n) is 5.84. The molecule has 0 radical (unpaired) electrons. The van der Waals surface area contributed by atoms with Gasteiger partial charge < -0.3 is 14.8 Å². The third kappa shape index (κ3) is 5.49. The van der Waals surface area contributed by atoms with E-state index in [1.165, 1.54) is 0 Å². The van der Waals surface area contributed by atoms with E-state index in [-0.39, 0.29) is 5.91 Å². The van der Waals surface area contributed by atoms with Crippen LogP contribution >= 0.6 is 11.6 Å². The standard InChI is InChI=1S/C20H20ClN3O3/c1-26-18-6-8-19(9-7-18)27-14-15-2-4-16(5-3-15)20(25)22-10-11-24-13-17(21)12-23-24/h2-9,12-13H,10-11,14H2,1H3,(H,22,25). The molecular weight excluding hydrogens is 366 g/mol. The summed E-state index contributed by atoms with van der Waals surface area (Å²) in [5, 5.41) is 7.50. The third-order valence-electron chi connectivity index (χ3n) is 3.91. The van der Waals surface area contributed by atoms with E-state index in [2.05, 4.69) is 10.4 Å². The molecule has 7 heteroatoms. The zero-order valence-electron chi connectivity index (χ0n) is 14.9. The molecule has 27 heavy (non-hydrogen) atoms. The SMILES string of the molecule is COc1ccc(OCc2ccc(C(=O)NCCn3cc(Cl)cn3)cc2)cc1. The zero-order chi connectivity index (χ0) is 19.1. The quantitative estimate of drug-likeness (QED) is 0.644. The van der Waals surface area contributed by atoms with Crippen molar-refractivity contribution >= 4 is 17.5 Å². The molecule has 0 fully saturated rings. The lowest BCUT2D eigenvalue weighted by Crippen LogP contribution is -2.27. The highest BCUT2D eigenvalue weighted by Crippen LogP contribution is 2.18. The molecule has 2 aromatic carbocycles. The Balaban J connectivity index is 1.46. The first-order chi connectivity index (χ1) is 13.1. The van der Waals surface area contributed by atoms with Gasteiger partial charge in [-0.2, -0.15) is 5.10 Å². The van der Waals surface area contributed by atoms with Crippen LogP contribution in [0.15, 0.2) is 60.9 Å². The zero-order valence-corrected chi connectivity index (χ0v) is 15.6. The minimum atomic E-state index is -0.129. The first-order valence-electron chi connectivity index (χ1n) is 8.46. The van der Waals surface area contributed by atoms with Gasteiger partial charge >= 0.3 is 0 Å². The Morgan fingerprint density at radius 2 is 1.81 bits per heavy atom. The van der Waals surface area contributed by atoms with Crippen LogP contribution in [0.25, 0.3) is 0 Å². The monoisotopic (exact) mass is 385 g/mol. The second kappa shape index (κ2) is 9.09. The predicted molar refractivity (Wildman–Crippen MR) is 103 cm³/mol. The minimum absolute atomic E-state index is 0.129. The van der Waals surface area contributed by atoms with Crippen LogP contribution in [-0.2, 0) is 13.2 Å².